The van der Waals surface area contributed by atoms with Crippen LogP contribution < -0.4 is 9.64 Å². The third kappa shape index (κ3) is 3.04. The molecular weight excluding hydrogens is 388 g/mol. The van der Waals surface area contributed by atoms with Gasteiger partial charge in [-0.05, 0) is 24.3 Å². The minimum atomic E-state index is -0.416. The van der Waals surface area contributed by atoms with Crippen LogP contribution in [0.25, 0.3) is 11.3 Å². The van der Waals surface area contributed by atoms with Crippen molar-refractivity contribution in [2.75, 3.05) is 31.1 Å². The van der Waals surface area contributed by atoms with Crippen LogP contribution in [0.2, 0.25) is 0 Å². The third-order valence-corrected chi connectivity index (χ3v) is 5.49. The van der Waals surface area contributed by atoms with Crippen LogP contribution in [0, 0.1) is 10.1 Å². The Morgan fingerprint density at radius 2 is 1.77 bits per heavy atom. The zero-order chi connectivity index (χ0) is 20.7. The number of carbonyl (C=O) groups excluding carboxylic acids is 1. The van der Waals surface area contributed by atoms with Crippen molar-refractivity contribution >= 4 is 17.3 Å². The second-order valence-electron chi connectivity index (χ2n) is 7.18. The molecule has 1 saturated heterocycles. The molecule has 1 amide bonds. The number of carbonyl (C=O) groups is 1. The first-order chi connectivity index (χ1) is 14.6. The zero-order valence-corrected chi connectivity index (χ0v) is 16.0. The van der Waals surface area contributed by atoms with E-state index in [1.54, 1.807) is 17.0 Å². The molecule has 0 unspecified atom stereocenters. The van der Waals surface area contributed by atoms with Crippen LogP contribution in [0.3, 0.4) is 0 Å². The molecule has 3 heterocycles. The fraction of sp³-hybridized carbons (Fsp3) is 0.238. The molecular formula is C21H18N4O5. The maximum atomic E-state index is 13.1. The molecule has 2 aromatic carbocycles. The van der Waals surface area contributed by atoms with E-state index in [1.165, 1.54) is 12.1 Å². The van der Waals surface area contributed by atoms with Gasteiger partial charge >= 0.3 is 0 Å². The molecule has 0 aliphatic carbocycles. The summed E-state index contributed by atoms with van der Waals surface area (Å²) in [4.78, 5) is 27.3. The van der Waals surface area contributed by atoms with Crippen LogP contribution in [-0.2, 0) is 6.61 Å². The Bertz CT molecular complexity index is 1120. The van der Waals surface area contributed by atoms with Gasteiger partial charge in [0.05, 0.1) is 16.1 Å². The lowest BCUT2D eigenvalue weighted by Crippen LogP contribution is -2.49. The number of fused-ring (bicyclic) bond motifs is 3. The van der Waals surface area contributed by atoms with Gasteiger partial charge in [-0.1, -0.05) is 17.3 Å². The second-order valence-corrected chi connectivity index (χ2v) is 7.18. The van der Waals surface area contributed by atoms with Gasteiger partial charge in [-0.2, -0.15) is 0 Å². The molecule has 0 N–H and O–H groups in total. The summed E-state index contributed by atoms with van der Waals surface area (Å²) in [5.74, 6) is 1.13. The number of rotatable bonds is 3. The van der Waals surface area contributed by atoms with E-state index in [-0.39, 0.29) is 18.2 Å². The number of hydrogen-bond acceptors (Lipinski definition) is 7. The largest absolute Gasteiger partial charge is 0.488 e. The van der Waals surface area contributed by atoms with E-state index in [2.05, 4.69) is 10.1 Å². The minimum Gasteiger partial charge on any atom is -0.488 e. The number of nitro groups is 1. The lowest BCUT2D eigenvalue weighted by atomic mass is 10.0. The van der Waals surface area contributed by atoms with Gasteiger partial charge in [0, 0.05) is 44.0 Å². The molecule has 9 heteroatoms. The topological polar surface area (TPSA) is 102 Å². The summed E-state index contributed by atoms with van der Waals surface area (Å²) in [6.07, 6.45) is 0. The van der Waals surface area contributed by atoms with Gasteiger partial charge in [0.1, 0.15) is 12.4 Å². The number of amides is 1. The fourth-order valence-electron chi connectivity index (χ4n) is 3.86. The van der Waals surface area contributed by atoms with Crippen molar-refractivity contribution in [1.29, 1.82) is 0 Å². The molecule has 2 aliphatic heterocycles. The molecule has 0 atom stereocenters. The number of nitro benzene ring substituents is 1. The Kier molecular flexibility index (Phi) is 4.35. The molecule has 0 saturated carbocycles. The van der Waals surface area contributed by atoms with Crippen LogP contribution in [-0.4, -0.2) is 47.1 Å². The van der Waals surface area contributed by atoms with Crippen LogP contribution in [0.1, 0.15) is 16.1 Å². The van der Waals surface area contributed by atoms with E-state index in [0.717, 1.165) is 17.0 Å². The van der Waals surface area contributed by atoms with E-state index in [1.807, 2.05) is 24.3 Å². The van der Waals surface area contributed by atoms with Crippen molar-refractivity contribution in [2.24, 2.45) is 0 Å². The number of non-ortho nitro benzene ring substituents is 1. The van der Waals surface area contributed by atoms with Crippen molar-refractivity contribution in [1.82, 2.24) is 10.1 Å². The maximum absolute atomic E-state index is 13.1. The Morgan fingerprint density at radius 1 is 1.03 bits per heavy atom. The molecule has 1 fully saturated rings. The summed E-state index contributed by atoms with van der Waals surface area (Å²) >= 11 is 0. The molecule has 2 aliphatic rings. The Hall–Kier alpha value is -3.88. The number of para-hydroxylation sites is 1. The summed E-state index contributed by atoms with van der Waals surface area (Å²) in [5, 5.41) is 14.9. The number of piperazine rings is 1. The van der Waals surface area contributed by atoms with E-state index in [9.17, 15) is 14.9 Å². The molecule has 0 radical (unpaired) electrons. The zero-order valence-electron chi connectivity index (χ0n) is 16.0. The molecule has 5 rings (SSSR count). The summed E-state index contributed by atoms with van der Waals surface area (Å²) in [6.45, 7) is 2.55. The molecule has 1 aromatic heterocycles. The predicted octanol–water partition coefficient (Wildman–Crippen LogP) is 3.10. The molecule has 30 heavy (non-hydrogen) atoms. The minimum absolute atomic E-state index is 0.0622. The number of nitrogens with zero attached hydrogens (tertiary/aromatic N) is 4. The van der Waals surface area contributed by atoms with Gasteiger partial charge in [0.2, 0.25) is 0 Å². The predicted molar refractivity (Wildman–Crippen MR) is 107 cm³/mol. The highest BCUT2D eigenvalue weighted by molar-refractivity contribution is 5.95. The lowest BCUT2D eigenvalue weighted by molar-refractivity contribution is -0.384. The van der Waals surface area contributed by atoms with Crippen molar-refractivity contribution < 1.29 is 19.0 Å². The van der Waals surface area contributed by atoms with Crippen LogP contribution in [0.15, 0.2) is 53.1 Å². The van der Waals surface area contributed by atoms with Gasteiger partial charge in [-0.15, -0.1) is 0 Å². The van der Waals surface area contributed by atoms with Crippen molar-refractivity contribution in [2.45, 2.75) is 6.61 Å². The van der Waals surface area contributed by atoms with Crippen molar-refractivity contribution in [3.63, 3.8) is 0 Å². The van der Waals surface area contributed by atoms with Crippen LogP contribution >= 0.6 is 0 Å². The monoisotopic (exact) mass is 406 g/mol. The van der Waals surface area contributed by atoms with Gasteiger partial charge in [-0.25, -0.2) is 0 Å². The highest BCUT2D eigenvalue weighted by Crippen LogP contribution is 2.38. The Morgan fingerprint density at radius 3 is 2.50 bits per heavy atom. The molecule has 0 bridgehead atoms. The molecule has 3 aromatic rings. The third-order valence-electron chi connectivity index (χ3n) is 5.49. The first-order valence-electron chi connectivity index (χ1n) is 9.61. The number of anilines is 1. The van der Waals surface area contributed by atoms with Gasteiger partial charge in [0.15, 0.2) is 11.5 Å². The highest BCUT2D eigenvalue weighted by Gasteiger charge is 2.32. The molecule has 0 spiro atoms. The summed E-state index contributed by atoms with van der Waals surface area (Å²) in [7, 11) is 0. The first kappa shape index (κ1) is 18.2. The second kappa shape index (κ2) is 7.18. The number of aromatic nitrogens is 1. The summed E-state index contributed by atoms with van der Waals surface area (Å²) in [6, 6.07) is 14.0. The van der Waals surface area contributed by atoms with Crippen LogP contribution in [0.4, 0.5) is 11.4 Å². The van der Waals surface area contributed by atoms with Gasteiger partial charge in [-0.3, -0.25) is 14.9 Å². The van der Waals surface area contributed by atoms with E-state index >= 15 is 0 Å². The number of benzene rings is 2. The summed E-state index contributed by atoms with van der Waals surface area (Å²) in [5.41, 5.74) is 2.73. The van der Waals surface area contributed by atoms with Crippen molar-refractivity contribution in [3.8, 4) is 17.1 Å². The van der Waals surface area contributed by atoms with E-state index < -0.39 is 4.92 Å². The highest BCUT2D eigenvalue weighted by atomic mass is 16.6. The molecule has 9 nitrogen and oxygen atoms in total. The fourth-order valence-corrected chi connectivity index (χ4v) is 3.86. The lowest BCUT2D eigenvalue weighted by Gasteiger charge is -2.35. The Labute approximate surface area is 171 Å². The van der Waals surface area contributed by atoms with Gasteiger partial charge < -0.3 is 19.1 Å². The summed E-state index contributed by atoms with van der Waals surface area (Å²) < 4.78 is 11.3. The maximum Gasteiger partial charge on any atom is 0.276 e. The molecule has 152 valence electrons. The normalized spacial score (nSPS) is 15.2. The smallest absolute Gasteiger partial charge is 0.276 e. The van der Waals surface area contributed by atoms with E-state index in [0.29, 0.717) is 43.2 Å². The van der Waals surface area contributed by atoms with E-state index in [4.69, 9.17) is 9.26 Å². The van der Waals surface area contributed by atoms with Gasteiger partial charge in [0.25, 0.3) is 11.6 Å². The number of hydrogen-bond donors (Lipinski definition) is 0. The SMILES string of the molecule is O=C(c1noc2c1COc1ccccc1-2)N1CCN(c2ccc([N+](=O)[O-])cc2)CC1. The average Bonchev–Trinajstić information content (AvgIpc) is 3.23. The van der Waals surface area contributed by atoms with Crippen molar-refractivity contribution in [3.05, 3.63) is 69.9 Å². The quantitative estimate of drug-likeness (QED) is 0.486. The Balaban J connectivity index is 1.29. The first-order valence-corrected chi connectivity index (χ1v) is 9.61. The average molecular weight is 406 g/mol. The standard InChI is InChI=1S/C21H18N4O5/c26-21(19-17-13-29-18-4-2-1-3-16(18)20(17)30-22-19)24-11-9-23(10-12-24)14-5-7-15(8-6-14)25(27)28/h1-8H,9-13H2. The number of ether oxygens (including phenoxy) is 1. The van der Waals surface area contributed by atoms with Crippen LogP contribution in [0.5, 0.6) is 5.75 Å².